The Morgan fingerprint density at radius 1 is 1.59 bits per heavy atom. The number of nitrogens with zero attached hydrogens (tertiary/aromatic N) is 3. The first kappa shape index (κ1) is 12.1. The van der Waals surface area contributed by atoms with Crippen molar-refractivity contribution in [3.63, 3.8) is 0 Å². The molecule has 1 unspecified atom stereocenters. The molecule has 0 radical (unpaired) electrons. The van der Waals surface area contributed by atoms with Gasteiger partial charge in [0.1, 0.15) is 5.54 Å². The summed E-state index contributed by atoms with van der Waals surface area (Å²) in [6.07, 6.45) is 2.03. The van der Waals surface area contributed by atoms with Gasteiger partial charge < -0.3 is 15.5 Å². The Hall–Kier alpha value is -2.48. The van der Waals surface area contributed by atoms with Gasteiger partial charge in [-0.05, 0) is 18.5 Å². The summed E-state index contributed by atoms with van der Waals surface area (Å²) in [6, 6.07) is 1.87. The molecule has 2 fully saturated rings. The minimum atomic E-state index is -0.789. The van der Waals surface area contributed by atoms with Crippen LogP contribution in [0.2, 0.25) is 0 Å². The van der Waals surface area contributed by atoms with Crippen molar-refractivity contribution in [2.75, 3.05) is 13.1 Å². The summed E-state index contributed by atoms with van der Waals surface area (Å²) in [5.74, 6) is 0.0703. The van der Waals surface area contributed by atoms with E-state index in [1.54, 1.807) is 11.0 Å². The van der Waals surface area contributed by atoms with E-state index in [2.05, 4.69) is 27.2 Å². The molecule has 0 aliphatic carbocycles. The van der Waals surface area contributed by atoms with E-state index in [4.69, 9.17) is 1.37 Å². The molecule has 0 saturated carbocycles. The zero-order chi connectivity index (χ0) is 16.2. The van der Waals surface area contributed by atoms with Gasteiger partial charge in [-0.15, -0.1) is 11.3 Å². The molecule has 22 heavy (non-hydrogen) atoms. The number of pyridine rings is 1. The van der Waals surface area contributed by atoms with Crippen molar-refractivity contribution in [2.24, 2.45) is 0 Å². The van der Waals surface area contributed by atoms with Gasteiger partial charge >= 0.3 is 0 Å². The van der Waals surface area contributed by atoms with Gasteiger partial charge in [0.05, 0.1) is 18.4 Å². The molecule has 2 aliphatic heterocycles. The quantitative estimate of drug-likeness (QED) is 0.798. The number of carbonyl (C=O) groups is 2. The third kappa shape index (κ3) is 1.87. The fraction of sp³-hybridized carbons (Fsp3) is 0.286. The zero-order valence-electron chi connectivity index (χ0n) is 12.5. The minimum absolute atomic E-state index is 0.155. The molecule has 7 nitrogen and oxygen atoms in total. The second-order valence-corrected chi connectivity index (χ2v) is 6.38. The van der Waals surface area contributed by atoms with Crippen LogP contribution in [0.15, 0.2) is 30.7 Å². The van der Waals surface area contributed by atoms with Crippen molar-refractivity contribution in [1.29, 1.82) is 0 Å². The predicted molar refractivity (Wildman–Crippen MR) is 81.1 cm³/mol. The molecular formula is C14H13N5O2S. The monoisotopic (exact) mass is 317 g/mol. The van der Waals surface area contributed by atoms with Crippen LogP contribution in [0.4, 0.5) is 0 Å². The maximum atomic E-state index is 12.7. The lowest BCUT2D eigenvalue weighted by atomic mass is 9.99. The number of likely N-dealkylation sites (tertiary alicyclic amines) is 1. The Morgan fingerprint density at radius 2 is 2.45 bits per heavy atom. The predicted octanol–water partition coefficient (Wildman–Crippen LogP) is 0.467. The summed E-state index contributed by atoms with van der Waals surface area (Å²) in [7, 11) is 0. The van der Waals surface area contributed by atoms with Crippen LogP contribution in [0.3, 0.4) is 0 Å². The van der Waals surface area contributed by atoms with Gasteiger partial charge in [0.2, 0.25) is 0 Å². The molecule has 1 spiro atoms. The Morgan fingerprint density at radius 3 is 3.18 bits per heavy atom. The Kier molecular flexibility index (Phi) is 2.48. The van der Waals surface area contributed by atoms with Crippen LogP contribution in [0.1, 0.15) is 17.6 Å². The Bertz CT molecular complexity index is 866. The largest absolute Gasteiger partial charge is 0.356 e. The van der Waals surface area contributed by atoms with Gasteiger partial charge in [0.25, 0.3) is 11.8 Å². The number of amides is 2. The Labute approximate surface area is 131 Å². The van der Waals surface area contributed by atoms with Crippen LogP contribution in [-0.2, 0) is 4.79 Å². The van der Waals surface area contributed by atoms with Crippen molar-refractivity contribution in [3.05, 3.63) is 35.7 Å². The molecule has 0 aromatic carbocycles. The molecule has 2 N–H and O–H groups in total. The summed E-state index contributed by atoms with van der Waals surface area (Å²) in [5.41, 5.74) is -0.382. The first-order valence-corrected chi connectivity index (χ1v) is 7.60. The highest BCUT2D eigenvalue weighted by Crippen LogP contribution is 2.29. The normalized spacial score (nSPS) is 24.7. The summed E-state index contributed by atoms with van der Waals surface area (Å²) in [4.78, 5) is 34.7. The lowest BCUT2D eigenvalue weighted by Gasteiger charge is -2.21. The standard InChI is InChI=1S/C14H13N5O2S/c1-8-16-13(21)14(18-8)4-6-19(7-14)12(20)11-17-10-9(22-11)3-2-5-15-10/h2-3,5,18H,1,4,6-7H2,(H,16,21)/i3T. The SMILES string of the molecule is [3H]c1ccnc2nc(C(=O)N3CCC4(C3)NC(=C)NC4=O)sc12. The lowest BCUT2D eigenvalue weighted by molar-refractivity contribution is -0.123. The molecule has 2 aliphatic rings. The smallest absolute Gasteiger partial charge is 0.283 e. The van der Waals surface area contributed by atoms with E-state index in [0.29, 0.717) is 40.2 Å². The van der Waals surface area contributed by atoms with E-state index in [1.807, 2.05) is 0 Å². The molecule has 1 atom stereocenters. The van der Waals surface area contributed by atoms with E-state index in [9.17, 15) is 9.59 Å². The highest BCUT2D eigenvalue weighted by atomic mass is 32.1. The van der Waals surface area contributed by atoms with Crippen molar-refractivity contribution in [2.45, 2.75) is 12.0 Å². The molecular weight excluding hydrogens is 302 g/mol. The van der Waals surface area contributed by atoms with Gasteiger partial charge in [0, 0.05) is 12.7 Å². The van der Waals surface area contributed by atoms with Crippen molar-refractivity contribution >= 4 is 33.5 Å². The zero-order valence-corrected chi connectivity index (χ0v) is 12.4. The minimum Gasteiger partial charge on any atom is -0.356 e. The number of aromatic nitrogens is 2. The van der Waals surface area contributed by atoms with Gasteiger partial charge in [0.15, 0.2) is 10.7 Å². The van der Waals surface area contributed by atoms with Gasteiger partial charge in [-0.2, -0.15) is 0 Å². The van der Waals surface area contributed by atoms with Gasteiger partial charge in [-0.1, -0.05) is 6.58 Å². The van der Waals surface area contributed by atoms with E-state index in [0.717, 1.165) is 11.3 Å². The third-order valence-corrected chi connectivity index (χ3v) is 4.89. The lowest BCUT2D eigenvalue weighted by Crippen LogP contribution is -2.49. The molecule has 112 valence electrons. The molecule has 0 bridgehead atoms. The summed E-state index contributed by atoms with van der Waals surface area (Å²) < 4.78 is 8.43. The molecule has 8 heteroatoms. The van der Waals surface area contributed by atoms with Crippen molar-refractivity contribution in [3.8, 4) is 0 Å². The van der Waals surface area contributed by atoms with Crippen LogP contribution in [0.5, 0.6) is 0 Å². The average molecular weight is 317 g/mol. The second-order valence-electron chi connectivity index (χ2n) is 5.38. The van der Waals surface area contributed by atoms with Gasteiger partial charge in [-0.3, -0.25) is 9.59 Å². The molecule has 4 heterocycles. The maximum Gasteiger partial charge on any atom is 0.283 e. The molecule has 4 rings (SSSR count). The average Bonchev–Trinajstić information content (AvgIpc) is 3.18. The fourth-order valence-electron chi connectivity index (χ4n) is 2.85. The van der Waals surface area contributed by atoms with Crippen LogP contribution >= 0.6 is 11.3 Å². The fourth-order valence-corrected chi connectivity index (χ4v) is 3.70. The van der Waals surface area contributed by atoms with Crippen molar-refractivity contribution in [1.82, 2.24) is 25.5 Å². The van der Waals surface area contributed by atoms with Crippen LogP contribution in [0.25, 0.3) is 10.3 Å². The Balaban J connectivity index is 1.61. The number of rotatable bonds is 1. The van der Waals surface area contributed by atoms with E-state index in [-0.39, 0.29) is 18.4 Å². The summed E-state index contributed by atoms with van der Waals surface area (Å²) >= 11 is 1.16. The van der Waals surface area contributed by atoms with E-state index >= 15 is 0 Å². The first-order chi connectivity index (χ1) is 11.0. The number of hydrogen-bond acceptors (Lipinski definition) is 6. The third-order valence-electron chi connectivity index (χ3n) is 3.92. The van der Waals surface area contributed by atoms with E-state index in [1.165, 1.54) is 6.20 Å². The second kappa shape index (κ2) is 4.51. The van der Waals surface area contributed by atoms with Crippen LogP contribution in [0, 0.1) is 0 Å². The molecule has 2 saturated heterocycles. The summed E-state index contributed by atoms with van der Waals surface area (Å²) in [6.45, 7) is 4.44. The van der Waals surface area contributed by atoms with Gasteiger partial charge in [-0.25, -0.2) is 9.97 Å². The number of hydrogen-bond donors (Lipinski definition) is 2. The van der Waals surface area contributed by atoms with Crippen LogP contribution in [-0.4, -0.2) is 45.3 Å². The number of carbonyl (C=O) groups excluding carboxylic acids is 2. The van der Waals surface area contributed by atoms with E-state index < -0.39 is 5.54 Å². The number of thiazole rings is 1. The van der Waals surface area contributed by atoms with Crippen LogP contribution < -0.4 is 10.6 Å². The molecule has 2 amide bonds. The maximum absolute atomic E-state index is 12.7. The highest BCUT2D eigenvalue weighted by molar-refractivity contribution is 7.20. The molecule has 2 aromatic heterocycles. The topological polar surface area (TPSA) is 87.2 Å². The van der Waals surface area contributed by atoms with Crippen molar-refractivity contribution < 1.29 is 11.0 Å². The first-order valence-electron chi connectivity index (χ1n) is 7.28. The number of fused-ring (bicyclic) bond motifs is 1. The highest BCUT2D eigenvalue weighted by Gasteiger charge is 2.50. The molecule has 2 aromatic rings. The summed E-state index contributed by atoms with van der Waals surface area (Å²) in [5, 5.41) is 5.98. The number of nitrogens with one attached hydrogen (secondary N) is 2.